The number of para-hydroxylation sites is 2. The van der Waals surface area contributed by atoms with Crippen molar-refractivity contribution in [1.29, 1.82) is 0 Å². The second-order valence-corrected chi connectivity index (χ2v) is 4.86. The number of oxime groups is 1. The quantitative estimate of drug-likeness (QED) is 0.364. The van der Waals surface area contributed by atoms with Crippen LogP contribution < -0.4 is 5.73 Å². The summed E-state index contributed by atoms with van der Waals surface area (Å²) in [5.74, 6) is 0.917. The normalized spacial score (nSPS) is 12.4. The summed E-state index contributed by atoms with van der Waals surface area (Å²) < 4.78 is 7.64. The van der Waals surface area contributed by atoms with E-state index in [4.69, 9.17) is 15.7 Å². The molecule has 2 aromatic rings. The number of benzene rings is 1. The van der Waals surface area contributed by atoms with E-state index in [1.165, 1.54) is 0 Å². The van der Waals surface area contributed by atoms with E-state index in [2.05, 4.69) is 14.7 Å². The van der Waals surface area contributed by atoms with Crippen LogP contribution in [-0.2, 0) is 17.7 Å². The van der Waals surface area contributed by atoms with Crippen molar-refractivity contribution in [3.8, 4) is 0 Å². The Morgan fingerprint density at radius 1 is 1.45 bits per heavy atom. The van der Waals surface area contributed by atoms with Crippen LogP contribution in [0.25, 0.3) is 11.0 Å². The van der Waals surface area contributed by atoms with Gasteiger partial charge in [-0.3, -0.25) is 0 Å². The molecule has 20 heavy (non-hydrogen) atoms. The van der Waals surface area contributed by atoms with E-state index in [9.17, 15) is 0 Å². The minimum atomic E-state index is 0.145. The summed E-state index contributed by atoms with van der Waals surface area (Å²) in [7, 11) is 0. The number of hydrogen-bond donors (Lipinski definition) is 2. The van der Waals surface area contributed by atoms with Gasteiger partial charge in [-0.05, 0) is 26.0 Å². The SMILES string of the molecule is CC(C)OCCn1c(CC(N)=NO)nc2ccccc21. The molecule has 0 fully saturated rings. The third kappa shape index (κ3) is 3.27. The van der Waals surface area contributed by atoms with Gasteiger partial charge in [0.05, 0.1) is 30.2 Å². The molecule has 0 aliphatic heterocycles. The van der Waals surface area contributed by atoms with Gasteiger partial charge in [0.2, 0.25) is 0 Å². The number of nitrogens with zero attached hydrogens (tertiary/aromatic N) is 3. The van der Waals surface area contributed by atoms with Crippen molar-refractivity contribution in [2.75, 3.05) is 6.61 Å². The predicted molar refractivity (Wildman–Crippen MR) is 77.9 cm³/mol. The van der Waals surface area contributed by atoms with Crippen LogP contribution in [0.5, 0.6) is 0 Å². The lowest BCUT2D eigenvalue weighted by Crippen LogP contribution is -2.19. The van der Waals surface area contributed by atoms with E-state index in [1.54, 1.807) is 0 Å². The third-order valence-electron chi connectivity index (χ3n) is 2.97. The number of nitrogens with two attached hydrogens (primary N) is 1. The highest BCUT2D eigenvalue weighted by Crippen LogP contribution is 2.16. The van der Waals surface area contributed by atoms with Crippen molar-refractivity contribution in [3.63, 3.8) is 0 Å². The first-order valence-corrected chi connectivity index (χ1v) is 6.64. The van der Waals surface area contributed by atoms with Gasteiger partial charge >= 0.3 is 0 Å². The first kappa shape index (κ1) is 14.3. The Balaban J connectivity index is 2.29. The van der Waals surface area contributed by atoms with Crippen LogP contribution in [0.2, 0.25) is 0 Å². The van der Waals surface area contributed by atoms with Crippen LogP contribution >= 0.6 is 0 Å². The molecule has 1 heterocycles. The fourth-order valence-electron chi connectivity index (χ4n) is 2.09. The molecule has 3 N–H and O–H groups in total. The number of imidazole rings is 1. The van der Waals surface area contributed by atoms with Crippen molar-refractivity contribution in [1.82, 2.24) is 9.55 Å². The molecule has 0 saturated carbocycles. The van der Waals surface area contributed by atoms with Gasteiger partial charge in [0, 0.05) is 6.54 Å². The Morgan fingerprint density at radius 3 is 2.90 bits per heavy atom. The largest absolute Gasteiger partial charge is 0.409 e. The molecule has 1 aromatic carbocycles. The number of ether oxygens (including phenoxy) is 1. The van der Waals surface area contributed by atoms with E-state index >= 15 is 0 Å². The lowest BCUT2D eigenvalue weighted by atomic mass is 10.3. The fraction of sp³-hybridized carbons (Fsp3) is 0.429. The zero-order valence-corrected chi connectivity index (χ0v) is 11.8. The van der Waals surface area contributed by atoms with Crippen LogP contribution in [0.4, 0.5) is 0 Å². The molecule has 0 bridgehead atoms. The molecule has 0 spiro atoms. The van der Waals surface area contributed by atoms with E-state index in [-0.39, 0.29) is 11.9 Å². The Labute approximate surface area is 117 Å². The highest BCUT2D eigenvalue weighted by atomic mass is 16.5. The molecule has 0 radical (unpaired) electrons. The van der Waals surface area contributed by atoms with E-state index < -0.39 is 0 Å². The highest BCUT2D eigenvalue weighted by Gasteiger charge is 2.12. The fourth-order valence-corrected chi connectivity index (χ4v) is 2.09. The minimum absolute atomic E-state index is 0.145. The number of rotatable bonds is 6. The number of hydrogen-bond acceptors (Lipinski definition) is 4. The Hall–Kier alpha value is -2.08. The summed E-state index contributed by atoms with van der Waals surface area (Å²) >= 11 is 0. The second kappa shape index (κ2) is 6.38. The molecule has 0 amide bonds. The van der Waals surface area contributed by atoms with Crippen LogP contribution in [0.3, 0.4) is 0 Å². The van der Waals surface area contributed by atoms with Gasteiger partial charge in [0.1, 0.15) is 11.7 Å². The second-order valence-electron chi connectivity index (χ2n) is 4.86. The Kier molecular flexibility index (Phi) is 4.57. The minimum Gasteiger partial charge on any atom is -0.409 e. The zero-order valence-electron chi connectivity index (χ0n) is 11.8. The maximum Gasteiger partial charge on any atom is 0.146 e. The molecular formula is C14H20N4O2. The number of fused-ring (bicyclic) bond motifs is 1. The smallest absolute Gasteiger partial charge is 0.146 e. The van der Waals surface area contributed by atoms with Crippen molar-refractivity contribution < 1.29 is 9.94 Å². The van der Waals surface area contributed by atoms with Crippen LogP contribution in [0, 0.1) is 0 Å². The topological polar surface area (TPSA) is 85.7 Å². The van der Waals surface area contributed by atoms with E-state index in [1.807, 2.05) is 38.1 Å². The number of aromatic nitrogens is 2. The first-order chi connectivity index (χ1) is 9.61. The molecule has 0 aliphatic carbocycles. The molecule has 108 valence electrons. The molecule has 6 heteroatoms. The molecule has 6 nitrogen and oxygen atoms in total. The van der Waals surface area contributed by atoms with E-state index in [0.29, 0.717) is 19.6 Å². The summed E-state index contributed by atoms with van der Waals surface area (Å²) in [6.45, 7) is 5.29. The van der Waals surface area contributed by atoms with Gasteiger partial charge in [-0.2, -0.15) is 0 Å². The van der Waals surface area contributed by atoms with Gasteiger partial charge in [-0.1, -0.05) is 17.3 Å². The van der Waals surface area contributed by atoms with Gasteiger partial charge in [0.25, 0.3) is 0 Å². The Bertz CT molecular complexity index is 604. The summed E-state index contributed by atoms with van der Waals surface area (Å²) in [4.78, 5) is 4.53. The Morgan fingerprint density at radius 2 is 2.20 bits per heavy atom. The summed E-state index contributed by atoms with van der Waals surface area (Å²) in [6.07, 6.45) is 0.504. The lowest BCUT2D eigenvalue weighted by Gasteiger charge is -2.11. The average Bonchev–Trinajstić information content (AvgIpc) is 2.76. The maximum absolute atomic E-state index is 8.71. The molecule has 0 saturated heterocycles. The standard InChI is InChI=1S/C14H20N4O2/c1-10(2)20-8-7-18-12-6-4-3-5-11(12)16-14(18)9-13(15)17-19/h3-6,10,19H,7-9H2,1-2H3,(H2,15,17). The molecule has 0 atom stereocenters. The van der Waals surface area contributed by atoms with Gasteiger partial charge < -0.3 is 20.2 Å². The average molecular weight is 276 g/mol. The lowest BCUT2D eigenvalue weighted by molar-refractivity contribution is 0.0729. The van der Waals surface area contributed by atoms with Crippen molar-refractivity contribution in [2.24, 2.45) is 10.9 Å². The molecule has 1 aromatic heterocycles. The van der Waals surface area contributed by atoms with Crippen LogP contribution in [0.15, 0.2) is 29.4 Å². The predicted octanol–water partition coefficient (Wildman–Crippen LogP) is 1.75. The summed E-state index contributed by atoms with van der Waals surface area (Å²) in [5, 5.41) is 11.7. The maximum atomic E-state index is 8.71. The van der Waals surface area contributed by atoms with Gasteiger partial charge in [-0.15, -0.1) is 0 Å². The van der Waals surface area contributed by atoms with Crippen LogP contribution in [-0.4, -0.2) is 33.3 Å². The molecule has 2 rings (SSSR count). The van der Waals surface area contributed by atoms with Gasteiger partial charge in [0.15, 0.2) is 0 Å². The van der Waals surface area contributed by atoms with Crippen molar-refractivity contribution in [3.05, 3.63) is 30.1 Å². The number of amidine groups is 1. The summed E-state index contributed by atoms with van der Waals surface area (Å²) in [6, 6.07) is 7.87. The monoisotopic (exact) mass is 276 g/mol. The first-order valence-electron chi connectivity index (χ1n) is 6.64. The van der Waals surface area contributed by atoms with Crippen LogP contribution in [0.1, 0.15) is 19.7 Å². The summed E-state index contributed by atoms with van der Waals surface area (Å²) in [5.41, 5.74) is 7.52. The van der Waals surface area contributed by atoms with Gasteiger partial charge in [-0.25, -0.2) is 4.98 Å². The molecule has 0 unspecified atom stereocenters. The molecular weight excluding hydrogens is 256 g/mol. The van der Waals surface area contributed by atoms with E-state index in [0.717, 1.165) is 16.9 Å². The third-order valence-corrected chi connectivity index (χ3v) is 2.97. The van der Waals surface area contributed by atoms with Crippen molar-refractivity contribution in [2.45, 2.75) is 32.9 Å². The zero-order chi connectivity index (χ0) is 14.5. The van der Waals surface area contributed by atoms with Crippen molar-refractivity contribution >= 4 is 16.9 Å². The molecule has 0 aliphatic rings. The highest BCUT2D eigenvalue weighted by molar-refractivity contribution is 5.83.